The number of carbonyl (C=O) groups excluding carboxylic acids is 2. The summed E-state index contributed by atoms with van der Waals surface area (Å²) in [5.41, 5.74) is 4.99. The molecule has 0 saturated carbocycles. The smallest absolute Gasteiger partial charge is 0.339 e. The molecule has 1 aliphatic carbocycles. The summed E-state index contributed by atoms with van der Waals surface area (Å²) >= 11 is 0. The number of para-hydroxylation sites is 1. The molecule has 1 amide bonds. The molecule has 0 fully saturated rings. The Kier molecular flexibility index (Phi) is 7.10. The third kappa shape index (κ3) is 5.50. The Morgan fingerprint density at radius 1 is 1.08 bits per heavy atom. The van der Waals surface area contributed by atoms with Gasteiger partial charge < -0.3 is 10.1 Å². The molecule has 1 heterocycles. The van der Waals surface area contributed by atoms with E-state index >= 15 is 0 Å². The third-order valence-corrected chi connectivity index (χ3v) is 6.43. The number of nitriles is 1. The maximum Gasteiger partial charge on any atom is 0.339 e. The van der Waals surface area contributed by atoms with Crippen LogP contribution in [0.25, 0.3) is 22.6 Å². The molecule has 9 heteroatoms. The average Bonchev–Trinajstić information content (AvgIpc) is 2.95. The van der Waals surface area contributed by atoms with Crippen molar-refractivity contribution in [3.05, 3.63) is 111 Å². The van der Waals surface area contributed by atoms with Gasteiger partial charge in [0.2, 0.25) is 0 Å². The first-order valence-electron chi connectivity index (χ1n) is 12.3. The monoisotopic (exact) mass is 518 g/mol. The van der Waals surface area contributed by atoms with Crippen LogP contribution in [0, 0.1) is 21.4 Å². The number of non-ortho nitro benzene ring substituents is 1. The molecule has 9 nitrogen and oxygen atoms in total. The van der Waals surface area contributed by atoms with Crippen LogP contribution in [0.3, 0.4) is 0 Å². The summed E-state index contributed by atoms with van der Waals surface area (Å²) in [6.07, 6.45) is 4.06. The topological polar surface area (TPSA) is 135 Å². The lowest BCUT2D eigenvalue weighted by Gasteiger charge is -2.22. The number of nitro groups is 1. The maximum absolute atomic E-state index is 13.4. The van der Waals surface area contributed by atoms with Crippen molar-refractivity contribution in [1.82, 2.24) is 4.98 Å². The Bertz CT molecular complexity index is 1690. The van der Waals surface area contributed by atoms with Crippen molar-refractivity contribution < 1.29 is 19.2 Å². The normalized spacial score (nSPS) is 13.4. The van der Waals surface area contributed by atoms with Crippen LogP contribution >= 0.6 is 0 Å². The Hall–Kier alpha value is -5.36. The molecular formula is C30H22N4O5. The van der Waals surface area contributed by atoms with Crippen LogP contribution in [0.5, 0.6) is 0 Å². The predicted molar refractivity (Wildman–Crippen MR) is 146 cm³/mol. The van der Waals surface area contributed by atoms with E-state index in [1.54, 1.807) is 36.4 Å². The molecule has 0 saturated heterocycles. The molecule has 5 rings (SSSR count). The molecule has 39 heavy (non-hydrogen) atoms. The number of hydrogen-bond acceptors (Lipinski definition) is 7. The molecule has 0 spiro atoms. The number of carbonyl (C=O) groups is 2. The zero-order valence-corrected chi connectivity index (χ0v) is 20.7. The van der Waals surface area contributed by atoms with E-state index in [1.807, 2.05) is 30.3 Å². The second-order valence-corrected chi connectivity index (χ2v) is 9.02. The molecule has 0 unspecified atom stereocenters. The number of rotatable bonds is 6. The SMILES string of the molecule is N#Cc1cccc(NC(=O)COC(=O)c2c3c(nc4ccccc24)/C(=C\c2ccc([N+](=O)[O-])cc2)CCC3)c1. The minimum absolute atomic E-state index is 0.0113. The number of ether oxygens (including phenoxy) is 1. The molecule has 0 aliphatic heterocycles. The summed E-state index contributed by atoms with van der Waals surface area (Å²) in [5.74, 6) is -1.15. The van der Waals surface area contributed by atoms with Gasteiger partial charge in [0.25, 0.3) is 11.6 Å². The average molecular weight is 519 g/mol. The van der Waals surface area contributed by atoms with Crippen molar-refractivity contribution >= 4 is 45.8 Å². The minimum atomic E-state index is -0.623. The zero-order chi connectivity index (χ0) is 27.4. The number of amides is 1. The molecular weight excluding hydrogens is 496 g/mol. The number of hydrogen-bond donors (Lipinski definition) is 1. The first kappa shape index (κ1) is 25.3. The van der Waals surface area contributed by atoms with Gasteiger partial charge in [-0.2, -0.15) is 5.26 Å². The van der Waals surface area contributed by atoms with Crippen molar-refractivity contribution in [2.24, 2.45) is 0 Å². The number of esters is 1. The van der Waals surface area contributed by atoms with E-state index in [1.165, 1.54) is 18.2 Å². The largest absolute Gasteiger partial charge is 0.452 e. The van der Waals surface area contributed by atoms with Gasteiger partial charge in [-0.15, -0.1) is 0 Å². The Morgan fingerprint density at radius 2 is 1.87 bits per heavy atom. The summed E-state index contributed by atoms with van der Waals surface area (Å²) < 4.78 is 5.45. The summed E-state index contributed by atoms with van der Waals surface area (Å²) in [6, 6.07) is 22.0. The molecule has 192 valence electrons. The summed E-state index contributed by atoms with van der Waals surface area (Å²) in [5, 5.41) is 23.3. The van der Waals surface area contributed by atoms with Gasteiger partial charge in [-0.1, -0.05) is 24.3 Å². The quantitative estimate of drug-likeness (QED) is 0.197. The lowest BCUT2D eigenvalue weighted by Crippen LogP contribution is -2.22. The molecule has 1 aliphatic rings. The molecule has 0 radical (unpaired) electrons. The van der Waals surface area contributed by atoms with Crippen molar-refractivity contribution in [2.45, 2.75) is 19.3 Å². The maximum atomic E-state index is 13.4. The molecule has 1 N–H and O–H groups in total. The lowest BCUT2D eigenvalue weighted by atomic mass is 9.86. The highest BCUT2D eigenvalue weighted by Crippen LogP contribution is 2.36. The van der Waals surface area contributed by atoms with Gasteiger partial charge in [0.15, 0.2) is 6.61 Å². The van der Waals surface area contributed by atoms with E-state index < -0.39 is 23.4 Å². The number of fused-ring (bicyclic) bond motifs is 2. The van der Waals surface area contributed by atoms with E-state index in [0.717, 1.165) is 29.5 Å². The fourth-order valence-corrected chi connectivity index (χ4v) is 4.67. The summed E-state index contributed by atoms with van der Waals surface area (Å²) in [6.45, 7) is -0.494. The highest BCUT2D eigenvalue weighted by atomic mass is 16.6. The van der Waals surface area contributed by atoms with E-state index in [9.17, 15) is 19.7 Å². The fourth-order valence-electron chi connectivity index (χ4n) is 4.67. The second kappa shape index (κ2) is 10.9. The Balaban J connectivity index is 1.44. The Labute approximate surface area is 223 Å². The highest BCUT2D eigenvalue weighted by molar-refractivity contribution is 6.07. The number of nitrogens with one attached hydrogen (secondary N) is 1. The predicted octanol–water partition coefficient (Wildman–Crippen LogP) is 5.69. The lowest BCUT2D eigenvalue weighted by molar-refractivity contribution is -0.384. The fraction of sp³-hybridized carbons (Fsp3) is 0.133. The van der Waals surface area contributed by atoms with Crippen LogP contribution in [-0.2, 0) is 16.0 Å². The van der Waals surface area contributed by atoms with Gasteiger partial charge in [-0.3, -0.25) is 14.9 Å². The first-order chi connectivity index (χ1) is 18.9. The van der Waals surface area contributed by atoms with E-state index in [2.05, 4.69) is 5.32 Å². The third-order valence-electron chi connectivity index (χ3n) is 6.43. The first-order valence-corrected chi connectivity index (χ1v) is 12.3. The number of anilines is 1. The molecule has 3 aromatic carbocycles. The minimum Gasteiger partial charge on any atom is -0.452 e. The van der Waals surface area contributed by atoms with E-state index in [0.29, 0.717) is 39.8 Å². The molecule has 0 bridgehead atoms. The van der Waals surface area contributed by atoms with Gasteiger partial charge in [-0.25, -0.2) is 9.78 Å². The van der Waals surface area contributed by atoms with Gasteiger partial charge in [0, 0.05) is 23.2 Å². The van der Waals surface area contributed by atoms with Crippen molar-refractivity contribution in [3.63, 3.8) is 0 Å². The van der Waals surface area contributed by atoms with Crippen LogP contribution in [0.1, 0.15) is 45.6 Å². The second-order valence-electron chi connectivity index (χ2n) is 9.02. The van der Waals surface area contributed by atoms with Gasteiger partial charge in [0.05, 0.1) is 33.3 Å². The van der Waals surface area contributed by atoms with Crippen LogP contribution in [-0.4, -0.2) is 28.4 Å². The molecule has 1 aromatic heterocycles. The number of benzene rings is 3. The molecule has 0 atom stereocenters. The van der Waals surface area contributed by atoms with Gasteiger partial charge >= 0.3 is 5.97 Å². The van der Waals surface area contributed by atoms with Crippen LogP contribution < -0.4 is 5.32 Å². The van der Waals surface area contributed by atoms with E-state index in [4.69, 9.17) is 15.0 Å². The van der Waals surface area contributed by atoms with Crippen molar-refractivity contribution in [3.8, 4) is 6.07 Å². The van der Waals surface area contributed by atoms with Crippen LogP contribution in [0.4, 0.5) is 11.4 Å². The number of nitrogens with zero attached hydrogens (tertiary/aromatic N) is 3. The van der Waals surface area contributed by atoms with E-state index in [-0.39, 0.29) is 5.69 Å². The highest BCUT2D eigenvalue weighted by Gasteiger charge is 2.26. The van der Waals surface area contributed by atoms with Gasteiger partial charge in [-0.05, 0) is 78.4 Å². The molecule has 4 aromatic rings. The summed E-state index contributed by atoms with van der Waals surface area (Å²) in [4.78, 5) is 41.3. The van der Waals surface area contributed by atoms with Crippen LogP contribution in [0.15, 0.2) is 72.8 Å². The number of pyridine rings is 1. The zero-order valence-electron chi connectivity index (χ0n) is 20.7. The number of nitro benzene ring substituents is 1. The standard InChI is InChI=1S/C30H22N4O5/c31-17-20-5-3-7-22(16-20)32-27(35)18-39-30(36)28-24-8-1-2-10-26(24)33-29-21(6-4-9-25(28)29)15-19-11-13-23(14-12-19)34(37)38/h1-3,5,7-8,10-16H,4,6,9,18H2,(H,32,35)/b21-15-. The summed E-state index contributed by atoms with van der Waals surface area (Å²) in [7, 11) is 0. The Morgan fingerprint density at radius 3 is 2.64 bits per heavy atom. The number of aromatic nitrogens is 1. The number of allylic oxidation sites excluding steroid dienone is 1. The van der Waals surface area contributed by atoms with Crippen molar-refractivity contribution in [2.75, 3.05) is 11.9 Å². The van der Waals surface area contributed by atoms with Gasteiger partial charge in [0.1, 0.15) is 0 Å². The van der Waals surface area contributed by atoms with Crippen molar-refractivity contribution in [1.29, 1.82) is 5.26 Å². The van der Waals surface area contributed by atoms with Crippen LogP contribution in [0.2, 0.25) is 0 Å².